The van der Waals surface area contributed by atoms with Gasteiger partial charge in [0.05, 0.1) is 11.9 Å². The van der Waals surface area contributed by atoms with Gasteiger partial charge in [-0.1, -0.05) is 12.1 Å². The first-order valence-electron chi connectivity index (χ1n) is 8.98. The van der Waals surface area contributed by atoms with E-state index >= 15 is 0 Å². The maximum atomic E-state index is 13.5. The summed E-state index contributed by atoms with van der Waals surface area (Å²) in [5.74, 6) is -2.11. The van der Waals surface area contributed by atoms with E-state index in [-0.39, 0.29) is 5.82 Å². The van der Waals surface area contributed by atoms with Gasteiger partial charge >= 0.3 is 12.1 Å². The number of fused-ring (bicyclic) bond motifs is 1. The summed E-state index contributed by atoms with van der Waals surface area (Å²) in [6, 6.07) is 6.58. The van der Waals surface area contributed by atoms with Crippen LogP contribution in [0.1, 0.15) is 0 Å². The summed E-state index contributed by atoms with van der Waals surface area (Å²) in [5, 5.41) is 7.12. The third-order valence-corrected chi connectivity index (χ3v) is 4.58. The van der Waals surface area contributed by atoms with Crippen molar-refractivity contribution >= 4 is 17.4 Å². The quantitative estimate of drug-likeness (QED) is 0.637. The monoisotopic (exact) mass is 425 g/mol. The number of hydrogen-bond donors (Lipinski definition) is 1. The number of carboxylic acids is 1. The van der Waals surface area contributed by atoms with Crippen LogP contribution in [0.5, 0.6) is 0 Å². The molecule has 1 fully saturated rings. The Kier molecular flexibility index (Phi) is 6.20. The summed E-state index contributed by atoms with van der Waals surface area (Å²) < 4.78 is 47.2. The lowest BCUT2D eigenvalue weighted by atomic mass is 10.1. The molecule has 0 bridgehead atoms. The molecule has 4 rings (SSSR count). The molecule has 0 radical (unpaired) electrons. The molecule has 1 saturated heterocycles. The Morgan fingerprint density at radius 1 is 1.13 bits per heavy atom. The fraction of sp³-hybridized carbons (Fsp3) is 0.316. The van der Waals surface area contributed by atoms with Crippen molar-refractivity contribution in [1.82, 2.24) is 19.3 Å². The first-order valence-corrected chi connectivity index (χ1v) is 8.98. The lowest BCUT2D eigenvalue weighted by Crippen LogP contribution is -2.45. The summed E-state index contributed by atoms with van der Waals surface area (Å²) in [7, 11) is 2.13. The van der Waals surface area contributed by atoms with Gasteiger partial charge in [-0.15, -0.1) is 0 Å². The molecule has 160 valence electrons. The number of alkyl halides is 3. The van der Waals surface area contributed by atoms with E-state index in [0.29, 0.717) is 0 Å². The number of anilines is 1. The minimum atomic E-state index is -5.08. The second-order valence-corrected chi connectivity index (χ2v) is 6.69. The molecule has 30 heavy (non-hydrogen) atoms. The molecule has 0 unspecified atom stereocenters. The highest BCUT2D eigenvalue weighted by Crippen LogP contribution is 2.26. The fourth-order valence-electron chi connectivity index (χ4n) is 3.01. The lowest BCUT2D eigenvalue weighted by Gasteiger charge is -2.33. The standard InChI is InChI=1S/C17H18FN5.C2HF3O2/c1-21-7-9-22(10-8-21)16-17-20-12-15(23(17)6-5-19-16)13-3-2-4-14(18)11-13;3-2(4,5)1(6)7/h2-6,11-12H,7-10H2,1H3;(H,6,7). The Morgan fingerprint density at radius 3 is 2.40 bits per heavy atom. The van der Waals surface area contributed by atoms with E-state index in [1.807, 2.05) is 16.7 Å². The third kappa shape index (κ3) is 4.85. The van der Waals surface area contributed by atoms with Crippen molar-refractivity contribution in [2.45, 2.75) is 6.18 Å². The van der Waals surface area contributed by atoms with Crippen LogP contribution in [-0.4, -0.2) is 69.7 Å². The van der Waals surface area contributed by atoms with E-state index in [0.717, 1.165) is 48.9 Å². The smallest absolute Gasteiger partial charge is 0.475 e. The summed E-state index contributed by atoms with van der Waals surface area (Å²) in [5.41, 5.74) is 2.50. The molecule has 1 aliphatic heterocycles. The molecular formula is C19H19F4N5O2. The van der Waals surface area contributed by atoms with E-state index < -0.39 is 12.1 Å². The van der Waals surface area contributed by atoms with E-state index in [1.165, 1.54) is 12.1 Å². The van der Waals surface area contributed by atoms with Crippen molar-refractivity contribution in [1.29, 1.82) is 0 Å². The number of piperazine rings is 1. The number of likely N-dealkylation sites (N-methyl/N-ethyl adjacent to an activating group) is 1. The zero-order valence-corrected chi connectivity index (χ0v) is 16.0. The van der Waals surface area contributed by atoms with Gasteiger partial charge in [0, 0.05) is 44.1 Å². The Labute approximate surface area is 169 Å². The van der Waals surface area contributed by atoms with Crippen LogP contribution in [-0.2, 0) is 4.79 Å². The van der Waals surface area contributed by atoms with E-state index in [2.05, 4.69) is 26.8 Å². The molecule has 1 aliphatic rings. The maximum Gasteiger partial charge on any atom is 0.490 e. The summed E-state index contributed by atoms with van der Waals surface area (Å²) in [4.78, 5) is 22.5. The van der Waals surface area contributed by atoms with Crippen LogP contribution in [0, 0.1) is 5.82 Å². The van der Waals surface area contributed by atoms with E-state index in [1.54, 1.807) is 18.5 Å². The van der Waals surface area contributed by atoms with Crippen LogP contribution in [0.4, 0.5) is 23.4 Å². The van der Waals surface area contributed by atoms with Gasteiger partial charge in [-0.2, -0.15) is 13.2 Å². The maximum absolute atomic E-state index is 13.5. The van der Waals surface area contributed by atoms with Crippen molar-refractivity contribution in [2.24, 2.45) is 0 Å². The third-order valence-electron chi connectivity index (χ3n) is 4.58. The molecule has 2 aromatic heterocycles. The Bertz CT molecular complexity index is 1030. The van der Waals surface area contributed by atoms with Crippen molar-refractivity contribution in [3.8, 4) is 11.3 Å². The summed E-state index contributed by atoms with van der Waals surface area (Å²) in [6.45, 7) is 3.90. The predicted molar refractivity (Wildman–Crippen MR) is 102 cm³/mol. The second-order valence-electron chi connectivity index (χ2n) is 6.69. The summed E-state index contributed by atoms with van der Waals surface area (Å²) >= 11 is 0. The van der Waals surface area contributed by atoms with Crippen molar-refractivity contribution in [2.75, 3.05) is 38.1 Å². The van der Waals surface area contributed by atoms with Crippen LogP contribution in [0.2, 0.25) is 0 Å². The Hall–Kier alpha value is -3.21. The molecule has 1 N–H and O–H groups in total. The highest BCUT2D eigenvalue weighted by Gasteiger charge is 2.38. The van der Waals surface area contributed by atoms with Crippen molar-refractivity contribution in [3.05, 3.63) is 48.7 Å². The number of hydrogen-bond acceptors (Lipinski definition) is 5. The molecule has 0 atom stereocenters. The van der Waals surface area contributed by atoms with Gasteiger partial charge in [0.25, 0.3) is 0 Å². The number of benzene rings is 1. The normalized spacial score (nSPS) is 15.0. The predicted octanol–water partition coefficient (Wildman–Crippen LogP) is 2.92. The number of carbonyl (C=O) groups is 1. The molecule has 0 amide bonds. The molecular weight excluding hydrogens is 406 g/mol. The number of aliphatic carboxylic acids is 1. The van der Waals surface area contributed by atoms with Crippen LogP contribution in [0.25, 0.3) is 16.9 Å². The highest BCUT2D eigenvalue weighted by molar-refractivity contribution is 5.73. The number of imidazole rings is 1. The lowest BCUT2D eigenvalue weighted by molar-refractivity contribution is -0.192. The van der Waals surface area contributed by atoms with Crippen LogP contribution in [0.3, 0.4) is 0 Å². The zero-order valence-electron chi connectivity index (χ0n) is 16.0. The molecule has 7 nitrogen and oxygen atoms in total. The van der Waals surface area contributed by atoms with Gasteiger partial charge < -0.3 is 14.9 Å². The average Bonchev–Trinajstić information content (AvgIpc) is 3.13. The van der Waals surface area contributed by atoms with Crippen molar-refractivity contribution < 1.29 is 27.5 Å². The Balaban J connectivity index is 0.000000318. The number of aromatic nitrogens is 3. The molecule has 11 heteroatoms. The summed E-state index contributed by atoms with van der Waals surface area (Å²) in [6.07, 6.45) is 0.360. The highest BCUT2D eigenvalue weighted by atomic mass is 19.4. The second kappa shape index (κ2) is 8.66. The van der Waals surface area contributed by atoms with E-state index in [4.69, 9.17) is 9.90 Å². The number of rotatable bonds is 2. The first-order chi connectivity index (χ1) is 14.2. The van der Waals surface area contributed by atoms with Crippen LogP contribution in [0.15, 0.2) is 42.9 Å². The largest absolute Gasteiger partial charge is 0.490 e. The SMILES string of the molecule is CN1CCN(c2nccn3c(-c4cccc(F)c4)cnc23)CC1.O=C(O)C(F)(F)F. The van der Waals surface area contributed by atoms with Crippen molar-refractivity contribution in [3.63, 3.8) is 0 Å². The zero-order chi connectivity index (χ0) is 21.9. The number of carboxylic acid groups (broad SMARTS) is 1. The fourth-order valence-corrected chi connectivity index (χ4v) is 3.01. The topological polar surface area (TPSA) is 74.0 Å². The van der Waals surface area contributed by atoms with Gasteiger partial charge in [0.2, 0.25) is 0 Å². The molecule has 3 aromatic rings. The van der Waals surface area contributed by atoms with Crippen LogP contribution >= 0.6 is 0 Å². The van der Waals surface area contributed by atoms with Gasteiger partial charge in [-0.3, -0.25) is 4.40 Å². The van der Waals surface area contributed by atoms with Gasteiger partial charge in [0.15, 0.2) is 11.5 Å². The molecule has 1 aromatic carbocycles. The number of halogens is 4. The number of nitrogens with zero attached hydrogens (tertiary/aromatic N) is 5. The van der Waals surface area contributed by atoms with Gasteiger partial charge in [0.1, 0.15) is 5.82 Å². The first kappa shape index (κ1) is 21.5. The molecule has 0 aliphatic carbocycles. The minimum absolute atomic E-state index is 0.245. The van der Waals surface area contributed by atoms with Gasteiger partial charge in [-0.25, -0.2) is 19.2 Å². The molecule has 0 saturated carbocycles. The Morgan fingerprint density at radius 2 is 1.80 bits per heavy atom. The van der Waals surface area contributed by atoms with Crippen LogP contribution < -0.4 is 4.90 Å². The van der Waals surface area contributed by atoms with E-state index in [9.17, 15) is 17.6 Å². The molecule has 0 spiro atoms. The molecule has 3 heterocycles. The van der Waals surface area contributed by atoms with Gasteiger partial charge in [-0.05, 0) is 19.2 Å². The minimum Gasteiger partial charge on any atom is -0.475 e. The average molecular weight is 425 g/mol.